The van der Waals surface area contributed by atoms with Crippen molar-refractivity contribution in [3.63, 3.8) is 0 Å². The summed E-state index contributed by atoms with van der Waals surface area (Å²) in [6.45, 7) is 7.65. The molecule has 1 atom stereocenters. The number of carbonyl (C=O) groups is 1. The quantitative estimate of drug-likeness (QED) is 0.391. The van der Waals surface area contributed by atoms with Crippen molar-refractivity contribution >= 4 is 11.6 Å². The second-order valence-corrected chi connectivity index (χ2v) is 10.4. The van der Waals surface area contributed by atoms with Gasteiger partial charge in [-0.3, -0.25) is 4.79 Å². The lowest BCUT2D eigenvalue weighted by molar-refractivity contribution is 0.0637. The summed E-state index contributed by atoms with van der Waals surface area (Å²) in [5.41, 5.74) is 7.30. The van der Waals surface area contributed by atoms with Crippen LogP contribution in [0.25, 0.3) is 16.9 Å². The monoisotopic (exact) mass is 520 g/mol. The van der Waals surface area contributed by atoms with Crippen molar-refractivity contribution in [1.82, 2.24) is 14.8 Å². The Kier molecular flexibility index (Phi) is 7.48. The van der Waals surface area contributed by atoms with Crippen molar-refractivity contribution in [1.29, 1.82) is 0 Å². The standard InChI is InChI=1S/C33H36N4O2/c1-25-21-31(33(38)36-16-15-34-24-30(36)22-26-9-4-2-5-10-26)32(27-11-6-3-7-12-27)37(25)29-14-8-13-28(23-29)35-17-19-39-20-18-35/h2-14,21,23,30,34H,15-20,22,24H2,1H3/t30-/m1/s1. The normalized spacial score (nSPS) is 17.8. The first-order chi connectivity index (χ1) is 19.2. The van der Waals surface area contributed by atoms with Gasteiger partial charge in [-0.15, -0.1) is 0 Å². The van der Waals surface area contributed by atoms with E-state index in [2.05, 4.69) is 93.3 Å². The summed E-state index contributed by atoms with van der Waals surface area (Å²) >= 11 is 0. The maximum absolute atomic E-state index is 14.4. The molecule has 39 heavy (non-hydrogen) atoms. The molecule has 6 nitrogen and oxygen atoms in total. The molecule has 1 N–H and O–H groups in total. The Morgan fingerprint density at radius 2 is 1.59 bits per heavy atom. The van der Waals surface area contributed by atoms with Crippen LogP contribution in [0.1, 0.15) is 21.6 Å². The number of carbonyl (C=O) groups excluding carboxylic acids is 1. The Morgan fingerprint density at radius 3 is 2.36 bits per heavy atom. The van der Waals surface area contributed by atoms with Crippen LogP contribution < -0.4 is 10.2 Å². The number of hydrogen-bond donors (Lipinski definition) is 1. The fraction of sp³-hybridized carbons (Fsp3) is 0.303. The largest absolute Gasteiger partial charge is 0.378 e. The van der Waals surface area contributed by atoms with Gasteiger partial charge in [0.1, 0.15) is 0 Å². The SMILES string of the molecule is Cc1cc(C(=O)N2CCNC[C@H]2Cc2ccccc2)c(-c2ccccc2)n1-c1cccc(N2CCOCC2)c1. The number of amides is 1. The number of aryl methyl sites for hydroxylation is 1. The van der Waals surface area contributed by atoms with Crippen molar-refractivity contribution < 1.29 is 9.53 Å². The molecule has 200 valence electrons. The van der Waals surface area contributed by atoms with E-state index >= 15 is 0 Å². The third-order valence-electron chi connectivity index (χ3n) is 7.85. The third-order valence-corrected chi connectivity index (χ3v) is 7.85. The molecular weight excluding hydrogens is 484 g/mol. The molecular formula is C33H36N4O2. The number of benzene rings is 3. The molecule has 2 fully saturated rings. The summed E-state index contributed by atoms with van der Waals surface area (Å²) in [6, 6.07) is 31.6. The highest BCUT2D eigenvalue weighted by Crippen LogP contribution is 2.33. The van der Waals surface area contributed by atoms with Gasteiger partial charge in [0.15, 0.2) is 0 Å². The maximum atomic E-state index is 14.4. The summed E-state index contributed by atoms with van der Waals surface area (Å²) in [7, 11) is 0. The molecule has 2 aliphatic rings. The number of rotatable bonds is 6. The van der Waals surface area contributed by atoms with Gasteiger partial charge in [-0.05, 0) is 48.7 Å². The van der Waals surface area contributed by atoms with Gasteiger partial charge >= 0.3 is 0 Å². The first kappa shape index (κ1) is 25.4. The molecule has 3 heterocycles. The van der Waals surface area contributed by atoms with E-state index in [4.69, 9.17) is 4.74 Å². The number of hydrogen-bond acceptors (Lipinski definition) is 4. The molecule has 0 aliphatic carbocycles. The lowest BCUT2D eigenvalue weighted by Crippen LogP contribution is -2.54. The van der Waals surface area contributed by atoms with Crippen LogP contribution in [0.2, 0.25) is 0 Å². The van der Waals surface area contributed by atoms with E-state index < -0.39 is 0 Å². The van der Waals surface area contributed by atoms with E-state index in [9.17, 15) is 4.79 Å². The molecule has 6 rings (SSSR count). The van der Waals surface area contributed by atoms with Gasteiger partial charge in [-0.1, -0.05) is 66.7 Å². The first-order valence-electron chi connectivity index (χ1n) is 14.0. The van der Waals surface area contributed by atoms with Gasteiger partial charge in [0.2, 0.25) is 0 Å². The molecule has 2 aliphatic heterocycles. The fourth-order valence-electron chi connectivity index (χ4n) is 5.92. The van der Waals surface area contributed by atoms with E-state index in [1.807, 2.05) is 24.3 Å². The van der Waals surface area contributed by atoms with E-state index in [1.165, 1.54) is 11.3 Å². The van der Waals surface area contributed by atoms with Gasteiger partial charge in [0.25, 0.3) is 5.91 Å². The lowest BCUT2D eigenvalue weighted by atomic mass is 10.0. The average molecular weight is 521 g/mol. The number of morpholine rings is 1. The minimum absolute atomic E-state index is 0.0995. The highest BCUT2D eigenvalue weighted by molar-refractivity contribution is 6.01. The Bertz CT molecular complexity index is 1410. The van der Waals surface area contributed by atoms with Crippen molar-refractivity contribution in [2.45, 2.75) is 19.4 Å². The van der Waals surface area contributed by atoms with Crippen molar-refractivity contribution in [2.75, 3.05) is 50.8 Å². The van der Waals surface area contributed by atoms with E-state index in [-0.39, 0.29) is 11.9 Å². The zero-order chi connectivity index (χ0) is 26.6. The summed E-state index contributed by atoms with van der Waals surface area (Å²) in [4.78, 5) is 18.8. The van der Waals surface area contributed by atoms with Crippen molar-refractivity contribution in [3.05, 3.63) is 108 Å². The summed E-state index contributed by atoms with van der Waals surface area (Å²) in [6.07, 6.45) is 0.835. The van der Waals surface area contributed by atoms with Crippen LogP contribution in [0.3, 0.4) is 0 Å². The van der Waals surface area contributed by atoms with Crippen LogP contribution in [0.5, 0.6) is 0 Å². The van der Waals surface area contributed by atoms with Crippen molar-refractivity contribution in [2.24, 2.45) is 0 Å². The first-order valence-corrected chi connectivity index (χ1v) is 14.0. The highest BCUT2D eigenvalue weighted by atomic mass is 16.5. The highest BCUT2D eigenvalue weighted by Gasteiger charge is 2.31. The Balaban J connectivity index is 1.41. The molecule has 1 amide bonds. The predicted molar refractivity (Wildman–Crippen MR) is 157 cm³/mol. The minimum atomic E-state index is 0.0995. The number of piperazine rings is 1. The van der Waals surface area contributed by atoms with Gasteiger partial charge in [0.05, 0.1) is 24.5 Å². The molecule has 0 spiro atoms. The average Bonchev–Trinajstić information content (AvgIpc) is 3.35. The maximum Gasteiger partial charge on any atom is 0.256 e. The van der Waals surface area contributed by atoms with E-state index in [0.29, 0.717) is 6.54 Å². The topological polar surface area (TPSA) is 49.7 Å². The molecule has 3 aromatic carbocycles. The molecule has 1 aromatic heterocycles. The molecule has 6 heteroatoms. The number of nitrogens with one attached hydrogen (secondary N) is 1. The number of aromatic nitrogens is 1. The van der Waals surface area contributed by atoms with E-state index in [0.717, 1.165) is 74.0 Å². The van der Waals surface area contributed by atoms with Crippen LogP contribution in [0.4, 0.5) is 5.69 Å². The molecule has 0 bridgehead atoms. The van der Waals surface area contributed by atoms with Crippen LogP contribution in [0.15, 0.2) is 91.0 Å². The summed E-state index contributed by atoms with van der Waals surface area (Å²) < 4.78 is 7.82. The van der Waals surface area contributed by atoms with Gasteiger partial charge in [-0.2, -0.15) is 0 Å². The van der Waals surface area contributed by atoms with Crippen LogP contribution in [-0.2, 0) is 11.2 Å². The fourth-order valence-corrected chi connectivity index (χ4v) is 5.92. The minimum Gasteiger partial charge on any atom is -0.378 e. The number of nitrogens with zero attached hydrogens (tertiary/aromatic N) is 3. The lowest BCUT2D eigenvalue weighted by Gasteiger charge is -2.36. The zero-order valence-electron chi connectivity index (χ0n) is 22.6. The molecule has 0 unspecified atom stereocenters. The van der Waals surface area contributed by atoms with Crippen LogP contribution >= 0.6 is 0 Å². The summed E-state index contributed by atoms with van der Waals surface area (Å²) in [5, 5.41) is 3.50. The zero-order valence-corrected chi connectivity index (χ0v) is 22.6. The number of anilines is 1. The van der Waals surface area contributed by atoms with Gasteiger partial charge in [0, 0.05) is 55.8 Å². The van der Waals surface area contributed by atoms with Gasteiger partial charge in [-0.25, -0.2) is 0 Å². The summed E-state index contributed by atoms with van der Waals surface area (Å²) in [5.74, 6) is 0.0995. The Labute approximate surface area is 230 Å². The Morgan fingerprint density at radius 1 is 0.872 bits per heavy atom. The molecule has 0 radical (unpaired) electrons. The number of ether oxygens (including phenoxy) is 1. The second kappa shape index (κ2) is 11.5. The second-order valence-electron chi connectivity index (χ2n) is 10.4. The van der Waals surface area contributed by atoms with Gasteiger partial charge < -0.3 is 24.4 Å². The smallest absolute Gasteiger partial charge is 0.256 e. The Hall–Kier alpha value is -3.87. The van der Waals surface area contributed by atoms with Crippen LogP contribution in [0, 0.1) is 6.92 Å². The molecule has 0 saturated carbocycles. The van der Waals surface area contributed by atoms with E-state index in [1.54, 1.807) is 0 Å². The predicted octanol–water partition coefficient (Wildman–Crippen LogP) is 4.95. The van der Waals surface area contributed by atoms with Crippen molar-refractivity contribution in [3.8, 4) is 16.9 Å². The third kappa shape index (κ3) is 5.35. The van der Waals surface area contributed by atoms with Crippen LogP contribution in [-0.4, -0.2) is 67.4 Å². The molecule has 4 aromatic rings. The molecule has 2 saturated heterocycles.